The molecule has 0 aromatic carbocycles. The van der Waals surface area contributed by atoms with Crippen LogP contribution in [0.3, 0.4) is 0 Å². The van der Waals surface area contributed by atoms with Crippen molar-refractivity contribution in [3.05, 3.63) is 17.2 Å². The Bertz CT molecular complexity index is 1130. The molecule has 256 valence electrons. The van der Waals surface area contributed by atoms with Crippen LogP contribution in [0.4, 0.5) is 17.6 Å². The predicted octanol–water partition coefficient (Wildman–Crippen LogP) is 5.30. The number of nitrogens with two attached hydrogens (primary N) is 2. The quantitative estimate of drug-likeness (QED) is 0.131. The Morgan fingerprint density at radius 3 is 2.44 bits per heavy atom. The van der Waals surface area contributed by atoms with Crippen LogP contribution in [0.5, 0.6) is 0 Å². The Labute approximate surface area is 266 Å². The maximum Gasteiger partial charge on any atom is 0.405 e. The minimum absolute atomic E-state index is 0.227. The van der Waals surface area contributed by atoms with Gasteiger partial charge in [0.15, 0.2) is 5.83 Å². The molecule has 4 aliphatic rings. The van der Waals surface area contributed by atoms with Gasteiger partial charge in [0.25, 0.3) is 0 Å². The molecule has 1 aliphatic carbocycles. The van der Waals surface area contributed by atoms with Crippen LogP contribution >= 0.6 is 0 Å². The van der Waals surface area contributed by atoms with E-state index in [0.29, 0.717) is 37.3 Å². The molecular formula is C33H55F4N7O. The van der Waals surface area contributed by atoms with Gasteiger partial charge in [-0.2, -0.15) is 13.2 Å². The third kappa shape index (κ3) is 7.45. The Hall–Kier alpha value is -1.98. The molecule has 8 nitrogen and oxygen atoms in total. The predicted molar refractivity (Wildman–Crippen MR) is 170 cm³/mol. The molecule has 5 atom stereocenters. The zero-order valence-corrected chi connectivity index (χ0v) is 27.6. The number of rotatable bonds is 12. The molecule has 4 rings (SSSR count). The number of halogens is 4. The third-order valence-electron chi connectivity index (χ3n) is 11.3. The van der Waals surface area contributed by atoms with Crippen molar-refractivity contribution in [1.29, 1.82) is 0 Å². The normalized spacial score (nSPS) is 29.9. The van der Waals surface area contributed by atoms with Crippen molar-refractivity contribution in [2.75, 3.05) is 26.2 Å². The molecule has 1 spiro atoms. The highest BCUT2D eigenvalue weighted by Crippen LogP contribution is 2.64. The molecule has 2 fully saturated rings. The summed E-state index contributed by atoms with van der Waals surface area (Å²) < 4.78 is 56.1. The Morgan fingerprint density at radius 2 is 1.89 bits per heavy atom. The lowest BCUT2D eigenvalue weighted by Crippen LogP contribution is -2.63. The van der Waals surface area contributed by atoms with Crippen LogP contribution in [0.25, 0.3) is 0 Å². The summed E-state index contributed by atoms with van der Waals surface area (Å²) in [6.07, 6.45) is 3.87. The van der Waals surface area contributed by atoms with E-state index in [1.807, 2.05) is 0 Å². The van der Waals surface area contributed by atoms with E-state index >= 15 is 0 Å². The van der Waals surface area contributed by atoms with Crippen molar-refractivity contribution in [1.82, 2.24) is 20.4 Å². The summed E-state index contributed by atoms with van der Waals surface area (Å²) in [5.41, 5.74) is 13.5. The molecular weight excluding hydrogens is 586 g/mol. The van der Waals surface area contributed by atoms with Gasteiger partial charge in [0.05, 0.1) is 30.0 Å². The first-order chi connectivity index (χ1) is 21.3. The van der Waals surface area contributed by atoms with Gasteiger partial charge in [-0.1, -0.05) is 46.5 Å². The number of aliphatic imine (C=N–C) groups is 1. The van der Waals surface area contributed by atoms with Crippen molar-refractivity contribution in [3.63, 3.8) is 0 Å². The van der Waals surface area contributed by atoms with Crippen molar-refractivity contribution < 1.29 is 22.4 Å². The third-order valence-corrected chi connectivity index (χ3v) is 11.3. The van der Waals surface area contributed by atoms with E-state index in [-0.39, 0.29) is 23.8 Å². The number of unbranched alkanes of at least 4 members (excludes halogenated alkanes) is 2. The molecule has 0 bridgehead atoms. The summed E-state index contributed by atoms with van der Waals surface area (Å²) in [6, 6.07) is -2.33. The summed E-state index contributed by atoms with van der Waals surface area (Å²) in [6.45, 7) is 9.81. The van der Waals surface area contributed by atoms with E-state index in [2.05, 4.69) is 47.2 Å². The van der Waals surface area contributed by atoms with E-state index in [9.17, 15) is 22.4 Å². The lowest BCUT2D eigenvalue weighted by Gasteiger charge is -2.61. The number of nitrogens with zero attached hydrogens (tertiary/aromatic N) is 3. The fourth-order valence-corrected chi connectivity index (χ4v) is 8.70. The topological polar surface area (TPSA) is 112 Å². The lowest BCUT2D eigenvalue weighted by molar-refractivity contribution is -0.150. The first-order valence-corrected chi connectivity index (χ1v) is 17.2. The van der Waals surface area contributed by atoms with Crippen molar-refractivity contribution >= 4 is 11.8 Å². The number of alkyl halides is 3. The number of allylic oxidation sites excluding steroid dienone is 1. The lowest BCUT2D eigenvalue weighted by atomic mass is 9.45. The van der Waals surface area contributed by atoms with Crippen LogP contribution in [-0.2, 0) is 4.79 Å². The van der Waals surface area contributed by atoms with Crippen LogP contribution in [0.1, 0.15) is 105 Å². The number of carbonyl (C=O) groups excluding carboxylic acids is 1. The molecule has 45 heavy (non-hydrogen) atoms. The van der Waals surface area contributed by atoms with Gasteiger partial charge < -0.3 is 21.7 Å². The molecule has 0 radical (unpaired) electrons. The summed E-state index contributed by atoms with van der Waals surface area (Å²) in [4.78, 5) is 23.1. The summed E-state index contributed by atoms with van der Waals surface area (Å²) in [7, 11) is 0. The number of hydrogen-bond acceptors (Lipinski definition) is 7. The zero-order valence-electron chi connectivity index (χ0n) is 27.6. The van der Waals surface area contributed by atoms with Gasteiger partial charge in [0, 0.05) is 49.5 Å². The highest BCUT2D eigenvalue weighted by molar-refractivity contribution is 5.82. The van der Waals surface area contributed by atoms with Gasteiger partial charge in [0.1, 0.15) is 6.04 Å². The van der Waals surface area contributed by atoms with Gasteiger partial charge in [-0.3, -0.25) is 15.0 Å². The number of carbonyl (C=O) groups is 1. The summed E-state index contributed by atoms with van der Waals surface area (Å²) in [5, 5.41) is 5.80. The highest BCUT2D eigenvalue weighted by atomic mass is 19.4. The van der Waals surface area contributed by atoms with E-state index in [0.717, 1.165) is 64.3 Å². The van der Waals surface area contributed by atoms with Crippen LogP contribution < -0.4 is 22.1 Å². The van der Waals surface area contributed by atoms with Gasteiger partial charge >= 0.3 is 6.18 Å². The second kappa shape index (κ2) is 14.8. The van der Waals surface area contributed by atoms with Gasteiger partial charge in [-0.15, -0.1) is 0 Å². The standard InChI is InChI=1S/C33H55F4N7O/c1-5-8-9-17-43-18-12-25(44-21-26(33(35,36)37)41-22(44)4)24(20-43)42-30(45)27(29(38)39)28-32(14-10-15-32)31(7-3,13-6-2)16-11-23(34)19-40-28/h22,26-29,41H,5-18,20-21,38-39H2,1-4H3,(H,42,45). The smallest absolute Gasteiger partial charge is 0.356 e. The van der Waals surface area contributed by atoms with E-state index in [4.69, 9.17) is 11.5 Å². The second-order valence-electron chi connectivity index (χ2n) is 13.8. The maximum atomic E-state index is 14.9. The average Bonchev–Trinajstić information content (AvgIpc) is 3.35. The molecule has 12 heteroatoms. The molecule has 1 saturated carbocycles. The Balaban J connectivity index is 1.72. The van der Waals surface area contributed by atoms with Crippen molar-refractivity contribution in [2.45, 2.75) is 135 Å². The molecule has 3 aliphatic heterocycles. The highest BCUT2D eigenvalue weighted by Gasteiger charge is 2.60. The summed E-state index contributed by atoms with van der Waals surface area (Å²) in [5.74, 6) is 0.805. The van der Waals surface area contributed by atoms with Crippen LogP contribution in [0.15, 0.2) is 22.2 Å². The van der Waals surface area contributed by atoms with Crippen molar-refractivity contribution in [2.24, 2.45) is 33.2 Å². The molecule has 3 heterocycles. The maximum absolute atomic E-state index is 14.9. The fourth-order valence-electron chi connectivity index (χ4n) is 8.70. The second-order valence-corrected chi connectivity index (χ2v) is 13.8. The van der Waals surface area contributed by atoms with Crippen LogP contribution in [-0.4, -0.2) is 78.3 Å². The molecule has 0 aromatic heterocycles. The Morgan fingerprint density at radius 1 is 1.16 bits per heavy atom. The minimum Gasteiger partial charge on any atom is -0.356 e. The number of nitrogens with one attached hydrogen (secondary N) is 2. The first kappa shape index (κ1) is 35.9. The monoisotopic (exact) mass is 641 g/mol. The van der Waals surface area contributed by atoms with E-state index < -0.39 is 48.2 Å². The largest absolute Gasteiger partial charge is 0.405 e. The Kier molecular flexibility index (Phi) is 11.8. The number of hydrogen-bond donors (Lipinski definition) is 4. The molecule has 1 saturated heterocycles. The number of amides is 1. The fraction of sp³-hybridized carbons (Fsp3) is 0.848. The SMILES string of the molecule is CCCCCN1CCC(N2CC(C(F)(F)F)NC2C)=C(NC(=O)C(C(N)N)C2N=C=C(F)CCC(CC)(CCC)C23CCC3)C1. The molecule has 1 amide bonds. The van der Waals surface area contributed by atoms with Gasteiger partial charge in [0.2, 0.25) is 5.91 Å². The van der Waals surface area contributed by atoms with Crippen LogP contribution in [0, 0.1) is 16.7 Å². The van der Waals surface area contributed by atoms with E-state index in [1.165, 1.54) is 0 Å². The molecule has 0 aromatic rings. The van der Waals surface area contributed by atoms with E-state index in [1.54, 1.807) is 11.8 Å². The summed E-state index contributed by atoms with van der Waals surface area (Å²) >= 11 is 0. The minimum atomic E-state index is -4.38. The van der Waals surface area contributed by atoms with Crippen molar-refractivity contribution in [3.8, 4) is 0 Å². The molecule has 5 unspecified atom stereocenters. The molecule has 6 N–H and O–H groups in total. The zero-order chi connectivity index (χ0) is 33.0. The van der Waals surface area contributed by atoms with Crippen LogP contribution in [0.2, 0.25) is 0 Å². The van der Waals surface area contributed by atoms with Gasteiger partial charge in [-0.25, -0.2) is 9.38 Å². The first-order valence-electron chi connectivity index (χ1n) is 17.2. The van der Waals surface area contributed by atoms with Gasteiger partial charge in [-0.05, 0) is 57.4 Å². The average molecular weight is 642 g/mol.